The first kappa shape index (κ1) is 15.3. The van der Waals surface area contributed by atoms with Gasteiger partial charge in [0.15, 0.2) is 11.5 Å². The minimum absolute atomic E-state index is 0.105. The number of nitrogens with one attached hydrogen (secondary N) is 1. The molecule has 1 aromatic heterocycles. The summed E-state index contributed by atoms with van der Waals surface area (Å²) in [5.41, 5.74) is 1.93. The SMILES string of the molecule is COc1cnc(CNCCO)cc1OCc1ccccc1. The van der Waals surface area contributed by atoms with Gasteiger partial charge < -0.3 is 19.9 Å². The first-order chi connectivity index (χ1) is 10.3. The van der Waals surface area contributed by atoms with Crippen LogP contribution in [0.2, 0.25) is 0 Å². The number of benzene rings is 1. The van der Waals surface area contributed by atoms with Crippen molar-refractivity contribution < 1.29 is 14.6 Å². The lowest BCUT2D eigenvalue weighted by atomic mass is 10.2. The van der Waals surface area contributed by atoms with E-state index in [2.05, 4.69) is 10.3 Å². The highest BCUT2D eigenvalue weighted by Crippen LogP contribution is 2.27. The summed E-state index contributed by atoms with van der Waals surface area (Å²) < 4.78 is 11.1. The monoisotopic (exact) mass is 288 g/mol. The van der Waals surface area contributed by atoms with E-state index in [4.69, 9.17) is 14.6 Å². The van der Waals surface area contributed by atoms with E-state index in [-0.39, 0.29) is 6.61 Å². The van der Waals surface area contributed by atoms with Gasteiger partial charge in [0, 0.05) is 19.2 Å². The Balaban J connectivity index is 2.03. The summed E-state index contributed by atoms with van der Waals surface area (Å²) in [6.07, 6.45) is 1.65. The molecule has 0 aliphatic heterocycles. The zero-order chi connectivity index (χ0) is 14.9. The van der Waals surface area contributed by atoms with Crippen molar-refractivity contribution in [1.82, 2.24) is 10.3 Å². The smallest absolute Gasteiger partial charge is 0.179 e. The van der Waals surface area contributed by atoms with E-state index in [1.165, 1.54) is 0 Å². The molecule has 1 heterocycles. The number of ether oxygens (including phenoxy) is 2. The molecule has 112 valence electrons. The molecule has 0 saturated carbocycles. The normalized spacial score (nSPS) is 10.4. The highest BCUT2D eigenvalue weighted by Gasteiger charge is 2.07. The van der Waals surface area contributed by atoms with Gasteiger partial charge in [-0.25, -0.2) is 0 Å². The van der Waals surface area contributed by atoms with Gasteiger partial charge in [-0.3, -0.25) is 4.98 Å². The summed E-state index contributed by atoms with van der Waals surface area (Å²) in [5, 5.41) is 11.8. The van der Waals surface area contributed by atoms with Crippen molar-refractivity contribution in [3.63, 3.8) is 0 Å². The number of methoxy groups -OCH3 is 1. The Hall–Kier alpha value is -2.11. The van der Waals surface area contributed by atoms with E-state index in [0.29, 0.717) is 31.2 Å². The molecule has 0 amide bonds. The van der Waals surface area contributed by atoms with Gasteiger partial charge in [-0.15, -0.1) is 0 Å². The van der Waals surface area contributed by atoms with Crippen molar-refractivity contribution in [3.8, 4) is 11.5 Å². The van der Waals surface area contributed by atoms with Gasteiger partial charge in [0.1, 0.15) is 6.61 Å². The van der Waals surface area contributed by atoms with E-state index in [1.807, 2.05) is 36.4 Å². The molecule has 2 rings (SSSR count). The van der Waals surface area contributed by atoms with Gasteiger partial charge in [-0.1, -0.05) is 30.3 Å². The van der Waals surface area contributed by atoms with Crippen LogP contribution < -0.4 is 14.8 Å². The maximum Gasteiger partial charge on any atom is 0.179 e. The standard InChI is InChI=1S/C16H20N2O3/c1-20-16-11-18-14(10-17-7-8-19)9-15(16)21-12-13-5-3-2-4-6-13/h2-6,9,11,17,19H,7-8,10,12H2,1H3. The van der Waals surface area contributed by atoms with Gasteiger partial charge in [0.2, 0.25) is 0 Å². The van der Waals surface area contributed by atoms with Crippen LogP contribution in [0, 0.1) is 0 Å². The molecule has 21 heavy (non-hydrogen) atoms. The third-order valence-corrected chi connectivity index (χ3v) is 2.94. The molecule has 2 N–H and O–H groups in total. The molecule has 2 aromatic rings. The maximum atomic E-state index is 8.76. The van der Waals surface area contributed by atoms with E-state index in [1.54, 1.807) is 13.3 Å². The summed E-state index contributed by atoms with van der Waals surface area (Å²) in [4.78, 5) is 4.29. The van der Waals surface area contributed by atoms with Crippen molar-refractivity contribution in [2.75, 3.05) is 20.3 Å². The number of hydrogen-bond donors (Lipinski definition) is 2. The second-order valence-electron chi connectivity index (χ2n) is 4.50. The molecular formula is C16H20N2O3. The zero-order valence-corrected chi connectivity index (χ0v) is 12.1. The molecule has 0 aliphatic rings. The third kappa shape index (κ3) is 4.73. The Morgan fingerprint density at radius 3 is 2.71 bits per heavy atom. The van der Waals surface area contributed by atoms with Gasteiger partial charge in [-0.05, 0) is 5.56 Å². The van der Waals surface area contributed by atoms with Crippen molar-refractivity contribution in [2.24, 2.45) is 0 Å². The molecule has 0 radical (unpaired) electrons. The minimum Gasteiger partial charge on any atom is -0.491 e. The Morgan fingerprint density at radius 2 is 2.00 bits per heavy atom. The molecule has 0 aliphatic carbocycles. The Labute approximate surface area is 124 Å². The molecule has 5 nitrogen and oxygen atoms in total. The number of rotatable bonds is 8. The summed E-state index contributed by atoms with van der Waals surface area (Å²) in [7, 11) is 1.59. The summed E-state index contributed by atoms with van der Waals surface area (Å²) >= 11 is 0. The van der Waals surface area contributed by atoms with Crippen LogP contribution in [-0.4, -0.2) is 30.4 Å². The molecular weight excluding hydrogens is 268 g/mol. The van der Waals surface area contributed by atoms with E-state index in [9.17, 15) is 0 Å². The van der Waals surface area contributed by atoms with E-state index >= 15 is 0 Å². The Bertz CT molecular complexity index is 546. The Kier molecular flexibility index (Phi) is 5.99. The van der Waals surface area contributed by atoms with Gasteiger partial charge in [0.25, 0.3) is 0 Å². The molecule has 5 heteroatoms. The highest BCUT2D eigenvalue weighted by molar-refractivity contribution is 5.39. The second-order valence-corrected chi connectivity index (χ2v) is 4.50. The third-order valence-electron chi connectivity index (χ3n) is 2.94. The lowest BCUT2D eigenvalue weighted by molar-refractivity contribution is 0.282. The van der Waals surface area contributed by atoms with Gasteiger partial charge in [-0.2, -0.15) is 0 Å². The highest BCUT2D eigenvalue weighted by atomic mass is 16.5. The quantitative estimate of drug-likeness (QED) is 0.725. The van der Waals surface area contributed by atoms with Crippen LogP contribution in [-0.2, 0) is 13.2 Å². The van der Waals surface area contributed by atoms with E-state index < -0.39 is 0 Å². The van der Waals surface area contributed by atoms with Crippen LogP contribution in [0.15, 0.2) is 42.6 Å². The van der Waals surface area contributed by atoms with Crippen molar-refractivity contribution in [2.45, 2.75) is 13.2 Å². The fourth-order valence-corrected chi connectivity index (χ4v) is 1.86. The number of aliphatic hydroxyl groups is 1. The van der Waals surface area contributed by atoms with Crippen molar-refractivity contribution in [3.05, 3.63) is 53.9 Å². The largest absolute Gasteiger partial charge is 0.491 e. The van der Waals surface area contributed by atoms with Crippen LogP contribution >= 0.6 is 0 Å². The minimum atomic E-state index is 0.105. The zero-order valence-electron chi connectivity index (χ0n) is 12.1. The van der Waals surface area contributed by atoms with Crippen LogP contribution in [0.1, 0.15) is 11.3 Å². The fourth-order valence-electron chi connectivity index (χ4n) is 1.86. The van der Waals surface area contributed by atoms with Crippen LogP contribution in [0.25, 0.3) is 0 Å². The average Bonchev–Trinajstić information content (AvgIpc) is 2.54. The molecule has 0 atom stereocenters. The van der Waals surface area contributed by atoms with Crippen LogP contribution in [0.5, 0.6) is 11.5 Å². The van der Waals surface area contributed by atoms with Crippen LogP contribution in [0.3, 0.4) is 0 Å². The lowest BCUT2D eigenvalue weighted by Crippen LogP contribution is -2.18. The van der Waals surface area contributed by atoms with Crippen molar-refractivity contribution >= 4 is 0 Å². The second kappa shape index (κ2) is 8.24. The number of hydrogen-bond acceptors (Lipinski definition) is 5. The predicted octanol–water partition coefficient (Wildman–Crippen LogP) is 1.75. The van der Waals surface area contributed by atoms with Crippen LogP contribution in [0.4, 0.5) is 0 Å². The molecule has 0 spiro atoms. The average molecular weight is 288 g/mol. The molecule has 0 saturated heterocycles. The molecule has 0 bridgehead atoms. The first-order valence-corrected chi connectivity index (χ1v) is 6.84. The number of aromatic nitrogens is 1. The van der Waals surface area contributed by atoms with Gasteiger partial charge in [0.05, 0.1) is 25.6 Å². The predicted molar refractivity (Wildman–Crippen MR) is 80.4 cm³/mol. The summed E-state index contributed by atoms with van der Waals surface area (Å²) in [6.45, 7) is 1.69. The first-order valence-electron chi connectivity index (χ1n) is 6.84. The van der Waals surface area contributed by atoms with E-state index in [0.717, 1.165) is 11.3 Å². The maximum absolute atomic E-state index is 8.76. The lowest BCUT2D eigenvalue weighted by Gasteiger charge is -2.12. The summed E-state index contributed by atoms with van der Waals surface area (Å²) in [5.74, 6) is 1.27. The molecule has 0 unspecified atom stereocenters. The fraction of sp³-hybridized carbons (Fsp3) is 0.312. The topological polar surface area (TPSA) is 63.6 Å². The Morgan fingerprint density at radius 1 is 1.19 bits per heavy atom. The number of pyridine rings is 1. The molecule has 0 fully saturated rings. The van der Waals surface area contributed by atoms with Gasteiger partial charge >= 0.3 is 0 Å². The molecule has 1 aromatic carbocycles. The number of nitrogens with zero attached hydrogens (tertiary/aromatic N) is 1. The number of aliphatic hydroxyl groups excluding tert-OH is 1. The van der Waals surface area contributed by atoms with Crippen molar-refractivity contribution in [1.29, 1.82) is 0 Å². The summed E-state index contributed by atoms with van der Waals surface area (Å²) in [6, 6.07) is 11.8.